The van der Waals surface area contributed by atoms with Crippen LogP contribution in [0.5, 0.6) is 5.75 Å². The van der Waals surface area contributed by atoms with E-state index >= 15 is 0 Å². The standard InChI is InChI=1S/C22H22N2O6S2/c1-29-19-12-17(22(25)26)6-7-18(19)24-32(27,28)20-13-31-21(23-20)16-4-2-14(3-5-16)15-8-10-30-11-9-15/h2-7,12-13,15,24H,8-11H2,1H3,(H,25,26). The number of carboxylic acids is 1. The highest BCUT2D eigenvalue weighted by atomic mass is 32.2. The fourth-order valence-electron chi connectivity index (χ4n) is 3.55. The maximum atomic E-state index is 12.8. The molecule has 1 aromatic heterocycles. The van der Waals surface area contributed by atoms with Crippen LogP contribution in [0, 0.1) is 0 Å². The van der Waals surface area contributed by atoms with E-state index in [1.54, 1.807) is 0 Å². The largest absolute Gasteiger partial charge is 0.495 e. The molecule has 2 N–H and O–H groups in total. The highest BCUT2D eigenvalue weighted by molar-refractivity contribution is 7.92. The molecule has 1 aliphatic heterocycles. The van der Waals surface area contributed by atoms with Gasteiger partial charge in [-0.3, -0.25) is 4.72 Å². The summed E-state index contributed by atoms with van der Waals surface area (Å²) >= 11 is 1.24. The Bertz CT molecular complexity index is 1220. The molecule has 1 fully saturated rings. The first-order valence-corrected chi connectivity index (χ1v) is 12.3. The number of ether oxygens (including phenoxy) is 2. The first-order chi connectivity index (χ1) is 15.4. The summed E-state index contributed by atoms with van der Waals surface area (Å²) < 4.78 is 38.7. The van der Waals surface area contributed by atoms with Crippen molar-refractivity contribution >= 4 is 33.0 Å². The molecule has 0 radical (unpaired) electrons. The molecule has 0 spiro atoms. The molecular weight excluding hydrogens is 452 g/mol. The quantitative estimate of drug-likeness (QED) is 0.527. The van der Waals surface area contributed by atoms with E-state index in [0.717, 1.165) is 31.6 Å². The summed E-state index contributed by atoms with van der Waals surface area (Å²) in [4.78, 5) is 15.4. The van der Waals surface area contributed by atoms with E-state index in [0.29, 0.717) is 10.9 Å². The maximum Gasteiger partial charge on any atom is 0.335 e. The Morgan fingerprint density at radius 3 is 2.56 bits per heavy atom. The van der Waals surface area contributed by atoms with Gasteiger partial charge in [0.05, 0.1) is 18.4 Å². The first kappa shape index (κ1) is 22.3. The van der Waals surface area contributed by atoms with Crippen LogP contribution in [-0.4, -0.2) is 44.8 Å². The Hall–Kier alpha value is -2.95. The number of thiazole rings is 1. The van der Waals surface area contributed by atoms with Crippen LogP contribution in [0.25, 0.3) is 10.6 Å². The summed E-state index contributed by atoms with van der Waals surface area (Å²) in [5.41, 5.74) is 2.22. The zero-order valence-electron chi connectivity index (χ0n) is 17.3. The number of nitrogens with zero attached hydrogens (tertiary/aromatic N) is 1. The number of nitrogens with one attached hydrogen (secondary N) is 1. The molecule has 32 heavy (non-hydrogen) atoms. The Morgan fingerprint density at radius 2 is 1.91 bits per heavy atom. The molecule has 8 nitrogen and oxygen atoms in total. The number of aromatic nitrogens is 1. The van der Waals surface area contributed by atoms with Gasteiger partial charge in [-0.1, -0.05) is 24.3 Å². The van der Waals surface area contributed by atoms with Gasteiger partial charge in [0, 0.05) is 24.2 Å². The van der Waals surface area contributed by atoms with Crippen LogP contribution in [0.3, 0.4) is 0 Å². The lowest BCUT2D eigenvalue weighted by molar-refractivity contribution is 0.0696. The minimum Gasteiger partial charge on any atom is -0.495 e. The number of sulfonamides is 1. The minimum absolute atomic E-state index is 0.00931. The molecule has 2 aromatic carbocycles. The monoisotopic (exact) mass is 474 g/mol. The van der Waals surface area contributed by atoms with Crippen LogP contribution >= 0.6 is 11.3 Å². The Morgan fingerprint density at radius 1 is 1.19 bits per heavy atom. The van der Waals surface area contributed by atoms with Gasteiger partial charge in [0.25, 0.3) is 10.0 Å². The molecule has 0 amide bonds. The number of anilines is 1. The van der Waals surface area contributed by atoms with Crippen LogP contribution in [-0.2, 0) is 14.8 Å². The number of aromatic carboxylic acids is 1. The van der Waals surface area contributed by atoms with Gasteiger partial charge in [-0.25, -0.2) is 9.78 Å². The van der Waals surface area contributed by atoms with Crippen LogP contribution in [0.2, 0.25) is 0 Å². The van der Waals surface area contributed by atoms with Crippen molar-refractivity contribution < 1.29 is 27.8 Å². The number of hydrogen-bond acceptors (Lipinski definition) is 7. The third-order valence-corrected chi connectivity index (χ3v) is 7.59. The fourth-order valence-corrected chi connectivity index (χ4v) is 5.72. The summed E-state index contributed by atoms with van der Waals surface area (Å²) in [5.74, 6) is -0.547. The average molecular weight is 475 g/mol. The van der Waals surface area contributed by atoms with E-state index in [1.807, 2.05) is 12.1 Å². The molecule has 1 saturated heterocycles. The van der Waals surface area contributed by atoms with Gasteiger partial charge in [-0.15, -0.1) is 11.3 Å². The highest BCUT2D eigenvalue weighted by Crippen LogP contribution is 2.32. The van der Waals surface area contributed by atoms with Gasteiger partial charge < -0.3 is 14.6 Å². The maximum absolute atomic E-state index is 12.8. The molecule has 2 heterocycles. The normalized spacial score (nSPS) is 14.8. The zero-order valence-corrected chi connectivity index (χ0v) is 18.9. The first-order valence-electron chi connectivity index (χ1n) is 9.95. The molecule has 4 rings (SSSR count). The van der Waals surface area contributed by atoms with E-state index in [-0.39, 0.29) is 22.0 Å². The summed E-state index contributed by atoms with van der Waals surface area (Å²) in [7, 11) is -2.65. The predicted molar refractivity (Wildman–Crippen MR) is 121 cm³/mol. The van der Waals surface area contributed by atoms with Crippen molar-refractivity contribution in [2.75, 3.05) is 25.0 Å². The molecule has 10 heteroatoms. The zero-order chi connectivity index (χ0) is 22.7. The number of carbonyl (C=O) groups is 1. The Labute approximate surface area is 189 Å². The Kier molecular flexibility index (Phi) is 6.45. The SMILES string of the molecule is COc1cc(C(=O)O)ccc1NS(=O)(=O)c1csc(-c2ccc(C3CCOCC3)cc2)n1. The van der Waals surface area contributed by atoms with E-state index in [4.69, 9.17) is 14.6 Å². The number of benzene rings is 2. The molecule has 1 aliphatic rings. The summed E-state index contributed by atoms with van der Waals surface area (Å²) in [6.45, 7) is 1.55. The fraction of sp³-hybridized carbons (Fsp3) is 0.273. The molecule has 0 bridgehead atoms. The second-order valence-corrected chi connectivity index (χ2v) is 9.81. The number of methoxy groups -OCH3 is 1. The molecule has 0 atom stereocenters. The lowest BCUT2D eigenvalue weighted by Gasteiger charge is -2.22. The van der Waals surface area contributed by atoms with E-state index in [2.05, 4.69) is 21.8 Å². The van der Waals surface area contributed by atoms with Crippen molar-refractivity contribution in [1.29, 1.82) is 0 Å². The van der Waals surface area contributed by atoms with Gasteiger partial charge in [-0.2, -0.15) is 8.42 Å². The third-order valence-electron chi connectivity index (χ3n) is 5.30. The van der Waals surface area contributed by atoms with Crippen molar-refractivity contribution in [3.05, 3.63) is 59.0 Å². The van der Waals surface area contributed by atoms with Crippen LogP contribution < -0.4 is 9.46 Å². The molecule has 168 valence electrons. The second kappa shape index (κ2) is 9.27. The van der Waals surface area contributed by atoms with E-state index in [9.17, 15) is 13.2 Å². The second-order valence-electron chi connectivity index (χ2n) is 7.33. The molecule has 0 aliphatic carbocycles. The van der Waals surface area contributed by atoms with Crippen molar-refractivity contribution in [2.45, 2.75) is 23.8 Å². The summed E-state index contributed by atoms with van der Waals surface area (Å²) in [5, 5.41) is 11.1. The number of hydrogen-bond donors (Lipinski definition) is 2. The van der Waals surface area contributed by atoms with Gasteiger partial charge in [0.15, 0.2) is 5.03 Å². The van der Waals surface area contributed by atoms with Crippen LogP contribution in [0.1, 0.15) is 34.7 Å². The van der Waals surface area contributed by atoms with E-state index in [1.165, 1.54) is 47.6 Å². The van der Waals surface area contributed by atoms with Crippen molar-refractivity contribution in [3.8, 4) is 16.3 Å². The predicted octanol–water partition coefficient (Wildman–Crippen LogP) is 4.21. The highest BCUT2D eigenvalue weighted by Gasteiger charge is 2.22. The lowest BCUT2D eigenvalue weighted by Crippen LogP contribution is -2.14. The van der Waals surface area contributed by atoms with Gasteiger partial charge in [0.2, 0.25) is 0 Å². The number of rotatable bonds is 7. The van der Waals surface area contributed by atoms with Gasteiger partial charge in [0.1, 0.15) is 10.8 Å². The van der Waals surface area contributed by atoms with Crippen molar-refractivity contribution in [1.82, 2.24) is 4.98 Å². The smallest absolute Gasteiger partial charge is 0.335 e. The lowest BCUT2D eigenvalue weighted by atomic mass is 9.91. The van der Waals surface area contributed by atoms with Crippen LogP contribution in [0.4, 0.5) is 5.69 Å². The molecule has 3 aromatic rings. The molecule has 0 saturated carbocycles. The van der Waals surface area contributed by atoms with E-state index < -0.39 is 16.0 Å². The minimum atomic E-state index is -3.98. The Balaban J connectivity index is 1.53. The topological polar surface area (TPSA) is 115 Å². The number of carboxylic acid groups (broad SMARTS) is 1. The average Bonchev–Trinajstić information content (AvgIpc) is 3.31. The van der Waals surface area contributed by atoms with Crippen molar-refractivity contribution in [3.63, 3.8) is 0 Å². The van der Waals surface area contributed by atoms with Crippen LogP contribution in [0.15, 0.2) is 52.9 Å². The van der Waals surface area contributed by atoms with Gasteiger partial charge in [-0.05, 0) is 42.5 Å². The third kappa shape index (κ3) is 4.77. The summed E-state index contributed by atoms with van der Waals surface area (Å²) in [6.07, 6.45) is 2.00. The molecular formula is C22H22N2O6S2. The molecule has 0 unspecified atom stereocenters. The summed E-state index contributed by atoms with van der Waals surface area (Å²) in [6, 6.07) is 12.0. The van der Waals surface area contributed by atoms with Crippen molar-refractivity contribution in [2.24, 2.45) is 0 Å². The van der Waals surface area contributed by atoms with Gasteiger partial charge >= 0.3 is 5.97 Å².